The highest BCUT2D eigenvalue weighted by atomic mass is 19.4. The number of hydrazine groups is 1. The van der Waals surface area contributed by atoms with Crippen molar-refractivity contribution in [3.8, 4) is 5.75 Å². The van der Waals surface area contributed by atoms with Crippen LogP contribution in [0, 0.1) is 0 Å². The minimum Gasteiger partial charge on any atom is -0.406 e. The van der Waals surface area contributed by atoms with Crippen molar-refractivity contribution in [2.24, 2.45) is 0 Å². The van der Waals surface area contributed by atoms with Crippen molar-refractivity contribution in [1.29, 1.82) is 0 Å². The van der Waals surface area contributed by atoms with Crippen LogP contribution < -0.4 is 20.9 Å². The molecule has 0 spiro atoms. The van der Waals surface area contributed by atoms with Crippen LogP contribution in [0.5, 0.6) is 5.75 Å². The molecule has 0 unspecified atom stereocenters. The molecule has 0 aliphatic heterocycles. The first kappa shape index (κ1) is 15.6. The molecule has 0 radical (unpaired) electrons. The lowest BCUT2D eigenvalue weighted by molar-refractivity contribution is -0.274. The molecule has 9 heteroatoms. The van der Waals surface area contributed by atoms with Crippen molar-refractivity contribution in [2.45, 2.75) is 12.8 Å². The first-order valence-corrected chi connectivity index (χ1v) is 5.41. The van der Waals surface area contributed by atoms with Gasteiger partial charge < -0.3 is 10.1 Å². The maximum Gasteiger partial charge on any atom is 0.573 e. The normalized spacial score (nSPS) is 10.6. The number of hydrogen-bond donors (Lipinski definition) is 3. The van der Waals surface area contributed by atoms with E-state index in [1.54, 1.807) is 0 Å². The van der Waals surface area contributed by atoms with Crippen molar-refractivity contribution >= 4 is 11.9 Å². The van der Waals surface area contributed by atoms with Crippen LogP contribution in [-0.2, 0) is 11.2 Å². The molecule has 0 bridgehead atoms. The van der Waals surface area contributed by atoms with Gasteiger partial charge in [-0.15, -0.1) is 13.2 Å². The van der Waals surface area contributed by atoms with E-state index in [-0.39, 0.29) is 12.2 Å². The molecule has 20 heavy (non-hydrogen) atoms. The van der Waals surface area contributed by atoms with Crippen molar-refractivity contribution < 1.29 is 27.5 Å². The summed E-state index contributed by atoms with van der Waals surface area (Å²) in [5.41, 5.74) is 4.66. The molecule has 0 aliphatic rings. The van der Waals surface area contributed by atoms with Crippen LogP contribution in [0.2, 0.25) is 0 Å². The summed E-state index contributed by atoms with van der Waals surface area (Å²) < 4.78 is 39.5. The average molecular weight is 291 g/mol. The topological polar surface area (TPSA) is 79.5 Å². The highest BCUT2D eigenvalue weighted by Crippen LogP contribution is 2.22. The van der Waals surface area contributed by atoms with Gasteiger partial charge in [0.05, 0.1) is 6.42 Å². The zero-order valence-corrected chi connectivity index (χ0v) is 10.4. The van der Waals surface area contributed by atoms with E-state index >= 15 is 0 Å². The smallest absolute Gasteiger partial charge is 0.406 e. The van der Waals surface area contributed by atoms with E-state index in [2.05, 4.69) is 20.9 Å². The van der Waals surface area contributed by atoms with Gasteiger partial charge in [0.1, 0.15) is 5.75 Å². The van der Waals surface area contributed by atoms with Gasteiger partial charge in [0.15, 0.2) is 0 Å². The Balaban J connectivity index is 2.49. The largest absolute Gasteiger partial charge is 0.573 e. The predicted molar refractivity (Wildman–Crippen MR) is 62.6 cm³/mol. The predicted octanol–water partition coefficient (Wildman–Crippen LogP) is 1.09. The first-order valence-electron chi connectivity index (χ1n) is 5.41. The highest BCUT2D eigenvalue weighted by molar-refractivity contribution is 5.82. The Morgan fingerprint density at radius 2 is 1.75 bits per heavy atom. The molecular weight excluding hydrogens is 279 g/mol. The SMILES string of the molecule is CNC(=O)NNC(=O)Cc1ccc(OC(F)(F)F)cc1. The number of ether oxygens (including phenoxy) is 1. The summed E-state index contributed by atoms with van der Waals surface area (Å²) in [7, 11) is 1.38. The number of halogens is 3. The molecule has 3 amide bonds. The Kier molecular flexibility index (Phi) is 5.18. The Morgan fingerprint density at radius 1 is 1.15 bits per heavy atom. The molecule has 0 saturated heterocycles. The molecule has 0 heterocycles. The Morgan fingerprint density at radius 3 is 2.25 bits per heavy atom. The lowest BCUT2D eigenvalue weighted by atomic mass is 10.1. The van der Waals surface area contributed by atoms with E-state index in [1.807, 2.05) is 0 Å². The van der Waals surface area contributed by atoms with E-state index in [0.29, 0.717) is 5.56 Å². The van der Waals surface area contributed by atoms with Gasteiger partial charge in [-0.1, -0.05) is 12.1 Å². The van der Waals surface area contributed by atoms with Gasteiger partial charge in [0, 0.05) is 7.05 Å². The van der Waals surface area contributed by atoms with Crippen LogP contribution in [0.25, 0.3) is 0 Å². The van der Waals surface area contributed by atoms with Crippen LogP contribution >= 0.6 is 0 Å². The maximum atomic E-state index is 11.9. The van der Waals surface area contributed by atoms with Gasteiger partial charge >= 0.3 is 12.4 Å². The lowest BCUT2D eigenvalue weighted by Gasteiger charge is -2.09. The van der Waals surface area contributed by atoms with Crippen LogP contribution in [0.3, 0.4) is 0 Å². The molecular formula is C11H12F3N3O3. The number of urea groups is 1. The quantitative estimate of drug-likeness (QED) is 0.729. The molecule has 1 aromatic carbocycles. The number of alkyl halides is 3. The number of hydrogen-bond acceptors (Lipinski definition) is 3. The van der Waals surface area contributed by atoms with Crippen LogP contribution in [-0.4, -0.2) is 25.3 Å². The van der Waals surface area contributed by atoms with Gasteiger partial charge in [-0.05, 0) is 17.7 Å². The first-order chi connectivity index (χ1) is 9.30. The zero-order valence-electron chi connectivity index (χ0n) is 10.4. The monoisotopic (exact) mass is 291 g/mol. The van der Waals surface area contributed by atoms with Crippen molar-refractivity contribution in [3.63, 3.8) is 0 Å². The minimum absolute atomic E-state index is 0.101. The molecule has 0 aromatic heterocycles. The minimum atomic E-state index is -4.75. The summed E-state index contributed by atoms with van der Waals surface area (Å²) in [4.78, 5) is 22.2. The molecule has 0 aliphatic carbocycles. The van der Waals surface area contributed by atoms with Gasteiger partial charge in [0.25, 0.3) is 0 Å². The van der Waals surface area contributed by atoms with Crippen LogP contribution in [0.1, 0.15) is 5.56 Å². The average Bonchev–Trinajstić information content (AvgIpc) is 2.36. The van der Waals surface area contributed by atoms with Gasteiger partial charge in [0.2, 0.25) is 5.91 Å². The number of carbonyl (C=O) groups excluding carboxylic acids is 2. The standard InChI is InChI=1S/C11H12F3N3O3/c1-15-10(19)17-16-9(18)6-7-2-4-8(5-3-7)20-11(12,13)14/h2-5H,6H2,1H3,(H,16,18)(H2,15,17,19). The summed E-state index contributed by atoms with van der Waals surface area (Å²) in [6.45, 7) is 0. The van der Waals surface area contributed by atoms with Gasteiger partial charge in [-0.25, -0.2) is 10.2 Å². The highest BCUT2D eigenvalue weighted by Gasteiger charge is 2.30. The second kappa shape index (κ2) is 6.64. The van der Waals surface area contributed by atoms with Crippen molar-refractivity contribution in [3.05, 3.63) is 29.8 Å². The zero-order chi connectivity index (χ0) is 15.2. The number of benzene rings is 1. The summed E-state index contributed by atoms with van der Waals surface area (Å²) in [6, 6.07) is 4.25. The van der Waals surface area contributed by atoms with E-state index in [0.717, 1.165) is 12.1 Å². The summed E-state index contributed by atoms with van der Waals surface area (Å²) in [6.07, 6.45) is -4.85. The third kappa shape index (κ3) is 5.94. The summed E-state index contributed by atoms with van der Waals surface area (Å²) in [5.74, 6) is -0.886. The second-order valence-electron chi connectivity index (χ2n) is 3.62. The number of carbonyl (C=O) groups is 2. The van der Waals surface area contributed by atoms with Crippen LogP contribution in [0.4, 0.5) is 18.0 Å². The second-order valence-corrected chi connectivity index (χ2v) is 3.62. The maximum absolute atomic E-state index is 11.9. The fraction of sp³-hybridized carbons (Fsp3) is 0.273. The fourth-order valence-corrected chi connectivity index (χ4v) is 1.23. The summed E-state index contributed by atoms with van der Waals surface area (Å²) >= 11 is 0. The Hall–Kier alpha value is -2.45. The number of amides is 3. The van der Waals surface area contributed by atoms with Crippen molar-refractivity contribution in [1.82, 2.24) is 16.2 Å². The van der Waals surface area contributed by atoms with E-state index in [1.165, 1.54) is 19.2 Å². The van der Waals surface area contributed by atoms with Crippen LogP contribution in [0.15, 0.2) is 24.3 Å². The fourth-order valence-electron chi connectivity index (χ4n) is 1.23. The molecule has 1 aromatic rings. The van der Waals surface area contributed by atoms with Gasteiger partial charge in [-0.2, -0.15) is 0 Å². The molecule has 3 N–H and O–H groups in total. The Bertz CT molecular complexity index is 474. The molecule has 0 fully saturated rings. The molecule has 110 valence electrons. The molecule has 0 atom stereocenters. The summed E-state index contributed by atoms with van der Waals surface area (Å²) in [5, 5.41) is 2.23. The Labute approximate surface area is 112 Å². The van der Waals surface area contributed by atoms with E-state index in [4.69, 9.17) is 0 Å². The molecule has 1 rings (SSSR count). The number of nitrogens with one attached hydrogen (secondary N) is 3. The third-order valence-corrected chi connectivity index (χ3v) is 2.06. The molecule has 0 saturated carbocycles. The third-order valence-electron chi connectivity index (χ3n) is 2.06. The lowest BCUT2D eigenvalue weighted by Crippen LogP contribution is -2.46. The van der Waals surface area contributed by atoms with Gasteiger partial charge in [-0.3, -0.25) is 10.2 Å². The van der Waals surface area contributed by atoms with Crippen molar-refractivity contribution in [2.75, 3.05) is 7.05 Å². The molecule has 6 nitrogen and oxygen atoms in total. The number of rotatable bonds is 3. The van der Waals surface area contributed by atoms with E-state index in [9.17, 15) is 22.8 Å². The van der Waals surface area contributed by atoms with E-state index < -0.39 is 18.3 Å².